The molecule has 3 N–H and O–H groups in total. The average molecular weight is 188 g/mol. The minimum absolute atomic E-state index is 0.296. The molecule has 0 aromatic heterocycles. The summed E-state index contributed by atoms with van der Waals surface area (Å²) in [5, 5.41) is 8.49. The Morgan fingerprint density at radius 2 is 1.92 bits per heavy atom. The number of nitrogens with zero attached hydrogens (tertiary/aromatic N) is 1. The largest absolute Gasteiger partial charge is 0.480 e. The molecule has 0 saturated carbocycles. The molecule has 1 amide bonds. The maximum atomic E-state index is 11.5. The quantitative estimate of drug-likeness (QED) is 0.632. The topological polar surface area (TPSA) is 83.6 Å². The number of nitrogens with two attached hydrogens (primary N) is 1. The van der Waals surface area contributed by atoms with Gasteiger partial charge in [-0.3, -0.25) is 9.59 Å². The Balaban J connectivity index is 4.41. The van der Waals surface area contributed by atoms with Crippen LogP contribution in [-0.2, 0) is 9.59 Å². The first-order valence-corrected chi connectivity index (χ1v) is 4.09. The number of carbonyl (C=O) groups excluding carboxylic acids is 1. The van der Waals surface area contributed by atoms with Crippen LogP contribution in [0.2, 0.25) is 0 Å². The summed E-state index contributed by atoms with van der Waals surface area (Å²) in [5.41, 5.74) is 4.54. The van der Waals surface area contributed by atoms with Crippen LogP contribution in [0.25, 0.3) is 0 Å². The summed E-state index contributed by atoms with van der Waals surface area (Å²) in [4.78, 5) is 23.0. The van der Waals surface area contributed by atoms with E-state index in [0.717, 1.165) is 0 Å². The van der Waals surface area contributed by atoms with E-state index in [4.69, 9.17) is 10.8 Å². The predicted molar refractivity (Wildman–Crippen MR) is 48.2 cm³/mol. The van der Waals surface area contributed by atoms with Crippen LogP contribution in [0.4, 0.5) is 0 Å². The molecule has 0 aliphatic heterocycles. The van der Waals surface area contributed by atoms with E-state index in [9.17, 15) is 9.59 Å². The molecule has 0 aromatic rings. The number of rotatable bonds is 4. The van der Waals surface area contributed by atoms with Crippen LogP contribution in [0.15, 0.2) is 0 Å². The van der Waals surface area contributed by atoms with E-state index >= 15 is 0 Å². The van der Waals surface area contributed by atoms with Crippen molar-refractivity contribution in [2.24, 2.45) is 5.73 Å². The molecule has 5 heteroatoms. The van der Waals surface area contributed by atoms with Gasteiger partial charge in [-0.15, -0.1) is 0 Å². The SMILES string of the molecule is CCN(CC(=O)O)C(=O)C(C)(C)N. The molecular formula is C8H16N2O3. The monoisotopic (exact) mass is 188 g/mol. The summed E-state index contributed by atoms with van der Waals surface area (Å²) < 4.78 is 0. The molecule has 0 radical (unpaired) electrons. The van der Waals surface area contributed by atoms with Crippen LogP contribution in [0.3, 0.4) is 0 Å². The molecule has 5 nitrogen and oxygen atoms in total. The summed E-state index contributed by atoms with van der Waals surface area (Å²) in [5.74, 6) is -1.38. The van der Waals surface area contributed by atoms with Gasteiger partial charge in [0.2, 0.25) is 5.91 Å². The number of hydrogen-bond acceptors (Lipinski definition) is 3. The highest BCUT2D eigenvalue weighted by atomic mass is 16.4. The third kappa shape index (κ3) is 3.89. The first-order valence-electron chi connectivity index (χ1n) is 4.09. The zero-order valence-electron chi connectivity index (χ0n) is 8.20. The van der Waals surface area contributed by atoms with E-state index in [-0.39, 0.29) is 12.5 Å². The molecule has 0 saturated heterocycles. The normalized spacial score (nSPS) is 11.1. The number of carbonyl (C=O) groups is 2. The van der Waals surface area contributed by atoms with Gasteiger partial charge in [0.25, 0.3) is 0 Å². The van der Waals surface area contributed by atoms with Crippen molar-refractivity contribution >= 4 is 11.9 Å². The number of hydrogen-bond donors (Lipinski definition) is 2. The van der Waals surface area contributed by atoms with Crippen molar-refractivity contribution in [2.45, 2.75) is 26.3 Å². The fourth-order valence-electron chi connectivity index (χ4n) is 0.898. The van der Waals surface area contributed by atoms with Crippen molar-refractivity contribution in [2.75, 3.05) is 13.1 Å². The molecule has 0 rings (SSSR count). The van der Waals surface area contributed by atoms with Crippen molar-refractivity contribution in [3.63, 3.8) is 0 Å². The number of carboxylic acid groups (broad SMARTS) is 1. The summed E-state index contributed by atoms with van der Waals surface area (Å²) >= 11 is 0. The minimum atomic E-state index is -1.03. The van der Waals surface area contributed by atoms with Gasteiger partial charge in [-0.2, -0.15) is 0 Å². The number of carboxylic acids is 1. The van der Waals surface area contributed by atoms with Crippen molar-refractivity contribution in [1.82, 2.24) is 4.90 Å². The molecule has 0 unspecified atom stereocenters. The van der Waals surface area contributed by atoms with Gasteiger partial charge in [0.15, 0.2) is 0 Å². The summed E-state index contributed by atoms with van der Waals surface area (Å²) in [6.45, 7) is 4.88. The molecule has 0 aromatic carbocycles. The van der Waals surface area contributed by atoms with Gasteiger partial charge in [-0.25, -0.2) is 0 Å². The Bertz CT molecular complexity index is 208. The Morgan fingerprint density at radius 3 is 2.15 bits per heavy atom. The number of aliphatic carboxylic acids is 1. The van der Waals surface area contributed by atoms with Crippen LogP contribution >= 0.6 is 0 Å². The van der Waals surface area contributed by atoms with Crippen molar-refractivity contribution < 1.29 is 14.7 Å². The lowest BCUT2D eigenvalue weighted by atomic mass is 10.1. The molecule has 0 atom stereocenters. The zero-order valence-corrected chi connectivity index (χ0v) is 8.20. The average Bonchev–Trinajstić information content (AvgIpc) is 1.96. The van der Waals surface area contributed by atoms with Gasteiger partial charge in [0.1, 0.15) is 6.54 Å². The molecule has 0 aliphatic rings. The highest BCUT2D eigenvalue weighted by Crippen LogP contribution is 2.03. The third-order valence-electron chi connectivity index (χ3n) is 1.55. The van der Waals surface area contributed by atoms with E-state index in [2.05, 4.69) is 0 Å². The lowest BCUT2D eigenvalue weighted by Crippen LogP contribution is -2.52. The van der Waals surface area contributed by atoms with Crippen LogP contribution in [0, 0.1) is 0 Å². The second kappa shape index (κ2) is 4.23. The van der Waals surface area contributed by atoms with Gasteiger partial charge in [-0.05, 0) is 20.8 Å². The molecule has 13 heavy (non-hydrogen) atoms. The Kier molecular flexibility index (Phi) is 3.87. The molecule has 76 valence electrons. The summed E-state index contributed by atoms with van der Waals surface area (Å²) in [6.07, 6.45) is 0. The minimum Gasteiger partial charge on any atom is -0.480 e. The molecule has 0 bridgehead atoms. The fraction of sp³-hybridized carbons (Fsp3) is 0.750. The molecule has 0 fully saturated rings. The number of amides is 1. The second-order valence-electron chi connectivity index (χ2n) is 3.43. The Labute approximate surface area is 77.5 Å². The van der Waals surface area contributed by atoms with Crippen molar-refractivity contribution in [3.8, 4) is 0 Å². The van der Waals surface area contributed by atoms with Crippen LogP contribution in [0.1, 0.15) is 20.8 Å². The van der Waals surface area contributed by atoms with E-state index in [1.54, 1.807) is 20.8 Å². The van der Waals surface area contributed by atoms with Gasteiger partial charge in [0.05, 0.1) is 5.54 Å². The maximum absolute atomic E-state index is 11.5. The van der Waals surface area contributed by atoms with Gasteiger partial charge in [-0.1, -0.05) is 0 Å². The Morgan fingerprint density at radius 1 is 1.46 bits per heavy atom. The first kappa shape index (κ1) is 11.9. The van der Waals surface area contributed by atoms with Gasteiger partial charge >= 0.3 is 5.97 Å². The Hall–Kier alpha value is -1.10. The van der Waals surface area contributed by atoms with Crippen LogP contribution in [0.5, 0.6) is 0 Å². The first-order chi connectivity index (χ1) is 5.79. The van der Waals surface area contributed by atoms with E-state index < -0.39 is 11.5 Å². The number of likely N-dealkylation sites (N-methyl/N-ethyl adjacent to an activating group) is 1. The van der Waals surface area contributed by atoms with Crippen LogP contribution in [-0.4, -0.2) is 40.5 Å². The van der Waals surface area contributed by atoms with Crippen LogP contribution < -0.4 is 5.73 Å². The van der Waals surface area contributed by atoms with E-state index in [0.29, 0.717) is 6.54 Å². The summed E-state index contributed by atoms with van der Waals surface area (Å²) in [7, 11) is 0. The molecule has 0 spiro atoms. The van der Waals surface area contributed by atoms with E-state index in [1.807, 2.05) is 0 Å². The lowest BCUT2D eigenvalue weighted by molar-refractivity contribution is -0.146. The standard InChI is InChI=1S/C8H16N2O3/c1-4-10(5-6(11)12)7(13)8(2,3)9/h4-5,9H2,1-3H3,(H,11,12). The fourth-order valence-corrected chi connectivity index (χ4v) is 0.898. The third-order valence-corrected chi connectivity index (χ3v) is 1.55. The smallest absolute Gasteiger partial charge is 0.323 e. The zero-order chi connectivity index (χ0) is 10.6. The highest BCUT2D eigenvalue weighted by molar-refractivity contribution is 5.87. The highest BCUT2D eigenvalue weighted by Gasteiger charge is 2.27. The maximum Gasteiger partial charge on any atom is 0.323 e. The van der Waals surface area contributed by atoms with Crippen molar-refractivity contribution in [1.29, 1.82) is 0 Å². The molecule has 0 aliphatic carbocycles. The predicted octanol–water partition coefficient (Wildman–Crippen LogP) is -0.343. The van der Waals surface area contributed by atoms with E-state index in [1.165, 1.54) is 4.90 Å². The van der Waals surface area contributed by atoms with Gasteiger partial charge < -0.3 is 15.7 Å². The summed E-state index contributed by atoms with van der Waals surface area (Å²) in [6, 6.07) is 0. The molecule has 0 heterocycles. The lowest BCUT2D eigenvalue weighted by Gasteiger charge is -2.26. The second-order valence-corrected chi connectivity index (χ2v) is 3.43. The van der Waals surface area contributed by atoms with Gasteiger partial charge in [0, 0.05) is 6.54 Å². The van der Waals surface area contributed by atoms with Crippen molar-refractivity contribution in [3.05, 3.63) is 0 Å². The molecular weight excluding hydrogens is 172 g/mol.